The fourth-order valence-electron chi connectivity index (χ4n) is 2.65. The third-order valence-corrected chi connectivity index (χ3v) is 4.71. The van der Waals surface area contributed by atoms with Crippen LogP contribution in [-0.4, -0.2) is 29.6 Å². The van der Waals surface area contributed by atoms with Crippen LogP contribution in [0.4, 0.5) is 10.8 Å². The fourth-order valence-corrected chi connectivity index (χ4v) is 3.36. The lowest BCUT2D eigenvalue weighted by Crippen LogP contribution is -2.26. The van der Waals surface area contributed by atoms with Crippen molar-refractivity contribution in [2.75, 3.05) is 19.2 Å². The molecule has 0 atom stereocenters. The quantitative estimate of drug-likeness (QED) is 0.741. The molecule has 1 aliphatic rings. The largest absolute Gasteiger partial charge is 0.454 e. The molecule has 0 saturated heterocycles. The van der Waals surface area contributed by atoms with E-state index in [2.05, 4.69) is 10.3 Å². The lowest BCUT2D eigenvalue weighted by Gasteiger charge is -2.15. The number of hydrogen-bond donors (Lipinski definition) is 1. The monoisotopic (exact) mass is 367 g/mol. The molecule has 0 saturated carbocycles. The highest BCUT2D eigenvalue weighted by Crippen LogP contribution is 2.35. The normalized spacial score (nSPS) is 12.0. The van der Waals surface area contributed by atoms with Gasteiger partial charge in [-0.1, -0.05) is 30.3 Å². The Morgan fingerprint density at radius 1 is 1.19 bits per heavy atom. The highest BCUT2D eigenvalue weighted by atomic mass is 32.1. The third kappa shape index (κ3) is 3.48. The molecular weight excluding hydrogens is 350 g/mol. The topological polar surface area (TPSA) is 63.7 Å². The number of benzene rings is 2. The summed E-state index contributed by atoms with van der Waals surface area (Å²) in [5.41, 5.74) is 2.34. The van der Waals surface area contributed by atoms with Crippen LogP contribution in [0.15, 0.2) is 53.9 Å². The highest BCUT2D eigenvalue weighted by Gasteiger charge is 2.17. The molecular formula is C19H17N3O3S. The van der Waals surface area contributed by atoms with Crippen LogP contribution >= 0.6 is 11.3 Å². The number of amides is 1. The number of rotatable bonds is 5. The first-order valence-corrected chi connectivity index (χ1v) is 8.98. The number of nitrogens with zero attached hydrogens (tertiary/aromatic N) is 2. The van der Waals surface area contributed by atoms with E-state index >= 15 is 0 Å². The van der Waals surface area contributed by atoms with Crippen LogP contribution in [0.3, 0.4) is 0 Å². The molecule has 4 rings (SSSR count). The first-order chi connectivity index (χ1) is 12.7. The number of fused-ring (bicyclic) bond motifs is 1. The Kier molecular flexibility index (Phi) is 4.45. The highest BCUT2D eigenvalue weighted by molar-refractivity contribution is 7.14. The van der Waals surface area contributed by atoms with Crippen molar-refractivity contribution in [1.82, 2.24) is 9.88 Å². The Bertz CT molecular complexity index is 927. The molecule has 2 aromatic carbocycles. The van der Waals surface area contributed by atoms with Crippen LogP contribution in [-0.2, 0) is 6.54 Å². The predicted molar refractivity (Wildman–Crippen MR) is 100 cm³/mol. The maximum absolute atomic E-state index is 12.6. The van der Waals surface area contributed by atoms with Gasteiger partial charge in [-0.15, -0.1) is 11.3 Å². The van der Waals surface area contributed by atoms with Gasteiger partial charge in [0.1, 0.15) is 5.69 Å². The van der Waals surface area contributed by atoms with E-state index in [0.717, 1.165) is 17.0 Å². The molecule has 26 heavy (non-hydrogen) atoms. The van der Waals surface area contributed by atoms with Crippen LogP contribution in [0.2, 0.25) is 0 Å². The van der Waals surface area contributed by atoms with Gasteiger partial charge in [0.15, 0.2) is 16.6 Å². The molecule has 6 nitrogen and oxygen atoms in total. The van der Waals surface area contributed by atoms with Crippen LogP contribution < -0.4 is 14.8 Å². The van der Waals surface area contributed by atoms with E-state index in [9.17, 15) is 4.79 Å². The van der Waals surface area contributed by atoms with Crippen molar-refractivity contribution in [2.45, 2.75) is 6.54 Å². The maximum Gasteiger partial charge on any atom is 0.273 e. The van der Waals surface area contributed by atoms with Crippen molar-refractivity contribution in [2.24, 2.45) is 0 Å². The number of carbonyl (C=O) groups excluding carboxylic acids is 1. The summed E-state index contributed by atoms with van der Waals surface area (Å²) in [6.45, 7) is 0.782. The van der Waals surface area contributed by atoms with Gasteiger partial charge in [0, 0.05) is 30.7 Å². The summed E-state index contributed by atoms with van der Waals surface area (Å²) >= 11 is 1.39. The van der Waals surface area contributed by atoms with Crippen molar-refractivity contribution >= 4 is 28.1 Å². The molecule has 3 aromatic rings. The minimum atomic E-state index is -0.108. The lowest BCUT2D eigenvalue weighted by molar-refractivity contribution is 0.0780. The summed E-state index contributed by atoms with van der Waals surface area (Å²) in [6.07, 6.45) is 0. The molecule has 1 aromatic heterocycles. The van der Waals surface area contributed by atoms with Crippen molar-refractivity contribution in [3.05, 3.63) is 65.2 Å². The molecule has 1 N–H and O–H groups in total. The Hall–Kier alpha value is -3.06. The number of anilines is 2. The Balaban J connectivity index is 1.43. The molecule has 0 bridgehead atoms. The Morgan fingerprint density at radius 2 is 2.00 bits per heavy atom. The van der Waals surface area contributed by atoms with Gasteiger partial charge in [0.2, 0.25) is 6.79 Å². The smallest absolute Gasteiger partial charge is 0.273 e. The van der Waals surface area contributed by atoms with Gasteiger partial charge in [-0.2, -0.15) is 0 Å². The minimum Gasteiger partial charge on any atom is -0.454 e. The molecule has 7 heteroatoms. The summed E-state index contributed by atoms with van der Waals surface area (Å²) in [5.74, 6) is 1.32. The van der Waals surface area contributed by atoms with E-state index in [0.29, 0.717) is 23.1 Å². The van der Waals surface area contributed by atoms with Crippen molar-refractivity contribution in [3.63, 3.8) is 0 Å². The second-order valence-corrected chi connectivity index (χ2v) is 6.74. The van der Waals surface area contributed by atoms with Crippen LogP contribution in [0.1, 0.15) is 16.1 Å². The van der Waals surface area contributed by atoms with E-state index in [1.54, 1.807) is 17.3 Å². The zero-order valence-corrected chi connectivity index (χ0v) is 15.0. The SMILES string of the molecule is CN(Cc1ccccc1)C(=O)c1csc(Nc2ccc3c(c2)OCO3)n1. The number of hydrogen-bond acceptors (Lipinski definition) is 6. The van der Waals surface area contributed by atoms with Gasteiger partial charge in [0.25, 0.3) is 5.91 Å². The zero-order chi connectivity index (χ0) is 17.9. The third-order valence-electron chi connectivity index (χ3n) is 3.96. The van der Waals surface area contributed by atoms with Crippen LogP contribution in [0.5, 0.6) is 11.5 Å². The first kappa shape index (κ1) is 16.4. The summed E-state index contributed by atoms with van der Waals surface area (Å²) in [4.78, 5) is 18.6. The molecule has 0 radical (unpaired) electrons. The summed E-state index contributed by atoms with van der Waals surface area (Å²) in [5, 5.41) is 5.61. The number of nitrogens with one attached hydrogen (secondary N) is 1. The number of carbonyl (C=O) groups is 1. The Labute approximate surface area is 155 Å². The van der Waals surface area contributed by atoms with Gasteiger partial charge < -0.3 is 19.7 Å². The second kappa shape index (κ2) is 7.05. The van der Waals surface area contributed by atoms with Gasteiger partial charge >= 0.3 is 0 Å². The predicted octanol–water partition coefficient (Wildman–Crippen LogP) is 3.89. The average molecular weight is 367 g/mol. The van der Waals surface area contributed by atoms with E-state index in [1.165, 1.54) is 11.3 Å². The zero-order valence-electron chi connectivity index (χ0n) is 14.1. The molecule has 0 fully saturated rings. The minimum absolute atomic E-state index is 0.108. The molecule has 132 valence electrons. The molecule has 1 amide bonds. The Morgan fingerprint density at radius 3 is 2.85 bits per heavy atom. The number of thiazole rings is 1. The fraction of sp³-hybridized carbons (Fsp3) is 0.158. The van der Waals surface area contributed by atoms with E-state index in [-0.39, 0.29) is 12.7 Å². The summed E-state index contributed by atoms with van der Waals surface area (Å²) in [7, 11) is 1.78. The van der Waals surface area contributed by atoms with Gasteiger partial charge in [-0.05, 0) is 17.7 Å². The van der Waals surface area contributed by atoms with Crippen molar-refractivity contribution in [3.8, 4) is 11.5 Å². The van der Waals surface area contributed by atoms with Gasteiger partial charge in [0.05, 0.1) is 0 Å². The first-order valence-electron chi connectivity index (χ1n) is 8.10. The molecule has 2 heterocycles. The number of ether oxygens (including phenoxy) is 2. The average Bonchev–Trinajstić information content (AvgIpc) is 3.31. The summed E-state index contributed by atoms with van der Waals surface area (Å²) < 4.78 is 10.7. The second-order valence-electron chi connectivity index (χ2n) is 5.88. The summed E-state index contributed by atoms with van der Waals surface area (Å²) in [6, 6.07) is 15.5. The number of aromatic nitrogens is 1. The van der Waals surface area contributed by atoms with Gasteiger partial charge in [-0.3, -0.25) is 4.79 Å². The van der Waals surface area contributed by atoms with E-state index < -0.39 is 0 Å². The van der Waals surface area contributed by atoms with Crippen LogP contribution in [0, 0.1) is 0 Å². The van der Waals surface area contributed by atoms with E-state index in [4.69, 9.17) is 9.47 Å². The van der Waals surface area contributed by atoms with Crippen molar-refractivity contribution < 1.29 is 14.3 Å². The maximum atomic E-state index is 12.6. The van der Waals surface area contributed by atoms with Crippen molar-refractivity contribution in [1.29, 1.82) is 0 Å². The lowest BCUT2D eigenvalue weighted by atomic mass is 10.2. The molecule has 0 spiro atoms. The molecule has 0 unspecified atom stereocenters. The van der Waals surface area contributed by atoms with E-state index in [1.807, 2.05) is 48.5 Å². The standard InChI is InChI=1S/C19H17N3O3S/c1-22(10-13-5-3-2-4-6-13)18(23)15-11-26-19(21-15)20-14-7-8-16-17(9-14)25-12-24-16/h2-9,11H,10,12H2,1H3,(H,20,21). The van der Waals surface area contributed by atoms with Gasteiger partial charge in [-0.25, -0.2) is 4.98 Å². The molecule has 1 aliphatic heterocycles. The molecule has 0 aliphatic carbocycles. The van der Waals surface area contributed by atoms with Crippen LogP contribution in [0.25, 0.3) is 0 Å².